The molecule has 0 unspecified atom stereocenters. The molecular weight excluding hydrogens is 246 g/mol. The molecule has 0 fully saturated rings. The summed E-state index contributed by atoms with van der Waals surface area (Å²) in [6, 6.07) is 0. The molecule has 19 heavy (non-hydrogen) atoms. The zero-order valence-corrected chi connectivity index (χ0v) is 11.6. The Kier molecular flexibility index (Phi) is 6.73. The Hall–Kier alpha value is -1.76. The monoisotopic (exact) mass is 267 g/mol. The molecule has 1 aromatic heterocycles. The predicted molar refractivity (Wildman–Crippen MR) is 70.2 cm³/mol. The van der Waals surface area contributed by atoms with Crippen LogP contribution < -0.4 is 0 Å². The van der Waals surface area contributed by atoms with Crippen molar-refractivity contribution < 1.29 is 9.53 Å². The van der Waals surface area contributed by atoms with Crippen molar-refractivity contribution in [3.8, 4) is 0 Å². The van der Waals surface area contributed by atoms with Gasteiger partial charge in [-0.15, -0.1) is 11.7 Å². The molecule has 0 aliphatic rings. The SMILES string of the molecule is C=CCN(CC(=O)OCC)Cc1nnnn1CCC. The van der Waals surface area contributed by atoms with Gasteiger partial charge in [-0.1, -0.05) is 13.0 Å². The molecule has 1 heterocycles. The molecule has 7 heteroatoms. The fourth-order valence-corrected chi connectivity index (χ4v) is 1.68. The molecule has 0 saturated heterocycles. The Bertz CT molecular complexity index is 405. The van der Waals surface area contributed by atoms with Crippen LogP contribution >= 0.6 is 0 Å². The number of hydrogen-bond donors (Lipinski definition) is 0. The molecule has 0 radical (unpaired) electrons. The van der Waals surface area contributed by atoms with E-state index in [1.54, 1.807) is 17.7 Å². The lowest BCUT2D eigenvalue weighted by atomic mass is 10.4. The summed E-state index contributed by atoms with van der Waals surface area (Å²) in [7, 11) is 0. The number of esters is 1. The molecule has 0 aliphatic heterocycles. The molecule has 0 N–H and O–H groups in total. The van der Waals surface area contributed by atoms with Gasteiger partial charge in [-0.2, -0.15) is 0 Å². The topological polar surface area (TPSA) is 73.1 Å². The zero-order valence-electron chi connectivity index (χ0n) is 11.6. The van der Waals surface area contributed by atoms with Crippen molar-refractivity contribution in [3.05, 3.63) is 18.5 Å². The molecule has 0 amide bonds. The Morgan fingerprint density at radius 2 is 2.32 bits per heavy atom. The number of aryl methyl sites for hydroxylation is 1. The second-order valence-corrected chi connectivity index (χ2v) is 4.08. The first-order chi connectivity index (χ1) is 9.21. The normalized spacial score (nSPS) is 10.7. The van der Waals surface area contributed by atoms with Gasteiger partial charge >= 0.3 is 5.97 Å². The van der Waals surface area contributed by atoms with Crippen LogP contribution in [-0.2, 0) is 22.6 Å². The van der Waals surface area contributed by atoms with Crippen molar-refractivity contribution >= 4 is 5.97 Å². The summed E-state index contributed by atoms with van der Waals surface area (Å²) in [5, 5.41) is 11.6. The molecular formula is C12H21N5O2. The molecule has 0 bridgehead atoms. The Morgan fingerprint density at radius 3 is 2.95 bits per heavy atom. The van der Waals surface area contributed by atoms with Gasteiger partial charge in [-0.25, -0.2) is 4.68 Å². The van der Waals surface area contributed by atoms with Crippen LogP contribution in [0.15, 0.2) is 12.7 Å². The van der Waals surface area contributed by atoms with Gasteiger partial charge < -0.3 is 4.74 Å². The van der Waals surface area contributed by atoms with Crippen molar-refractivity contribution in [2.75, 3.05) is 19.7 Å². The average Bonchev–Trinajstić information content (AvgIpc) is 2.78. The summed E-state index contributed by atoms with van der Waals surface area (Å²) in [6.07, 6.45) is 2.70. The van der Waals surface area contributed by atoms with Crippen LogP contribution in [0, 0.1) is 0 Å². The number of nitrogens with zero attached hydrogens (tertiary/aromatic N) is 5. The molecule has 7 nitrogen and oxygen atoms in total. The van der Waals surface area contributed by atoms with E-state index in [1.165, 1.54) is 0 Å². The van der Waals surface area contributed by atoms with Crippen LogP contribution in [0.25, 0.3) is 0 Å². The van der Waals surface area contributed by atoms with Gasteiger partial charge in [0.25, 0.3) is 0 Å². The minimum absolute atomic E-state index is 0.207. The highest BCUT2D eigenvalue weighted by Crippen LogP contribution is 2.02. The van der Waals surface area contributed by atoms with E-state index in [0.29, 0.717) is 19.7 Å². The van der Waals surface area contributed by atoms with E-state index in [0.717, 1.165) is 18.8 Å². The van der Waals surface area contributed by atoms with E-state index >= 15 is 0 Å². The van der Waals surface area contributed by atoms with E-state index in [1.807, 2.05) is 4.90 Å². The number of hydrogen-bond acceptors (Lipinski definition) is 6. The smallest absolute Gasteiger partial charge is 0.320 e. The van der Waals surface area contributed by atoms with E-state index in [2.05, 4.69) is 29.0 Å². The Morgan fingerprint density at radius 1 is 1.53 bits per heavy atom. The average molecular weight is 267 g/mol. The second-order valence-electron chi connectivity index (χ2n) is 4.08. The Balaban J connectivity index is 2.63. The quantitative estimate of drug-likeness (QED) is 0.483. The highest BCUT2D eigenvalue weighted by molar-refractivity contribution is 5.71. The van der Waals surface area contributed by atoms with Gasteiger partial charge in [0, 0.05) is 13.1 Å². The minimum Gasteiger partial charge on any atom is -0.465 e. The van der Waals surface area contributed by atoms with Gasteiger partial charge in [0.1, 0.15) is 0 Å². The van der Waals surface area contributed by atoms with Crippen LogP contribution in [0.5, 0.6) is 0 Å². The maximum absolute atomic E-state index is 11.5. The largest absolute Gasteiger partial charge is 0.465 e. The van der Waals surface area contributed by atoms with Gasteiger partial charge in [0.15, 0.2) is 5.82 Å². The van der Waals surface area contributed by atoms with Crippen molar-refractivity contribution in [1.82, 2.24) is 25.1 Å². The maximum atomic E-state index is 11.5. The molecule has 1 aromatic rings. The Labute approximate surface area is 113 Å². The van der Waals surface area contributed by atoms with Gasteiger partial charge in [0.2, 0.25) is 0 Å². The number of rotatable bonds is 9. The van der Waals surface area contributed by atoms with Crippen molar-refractivity contribution in [1.29, 1.82) is 0 Å². The highest BCUT2D eigenvalue weighted by atomic mass is 16.5. The summed E-state index contributed by atoms with van der Waals surface area (Å²) in [6.45, 7) is 9.98. The molecule has 0 saturated carbocycles. The van der Waals surface area contributed by atoms with Crippen molar-refractivity contribution in [3.63, 3.8) is 0 Å². The van der Waals surface area contributed by atoms with Crippen LogP contribution in [0.1, 0.15) is 26.1 Å². The molecule has 0 aliphatic carbocycles. The molecule has 0 aromatic carbocycles. The van der Waals surface area contributed by atoms with E-state index in [-0.39, 0.29) is 12.5 Å². The third-order valence-electron chi connectivity index (χ3n) is 2.45. The lowest BCUT2D eigenvalue weighted by molar-refractivity contribution is -0.144. The minimum atomic E-state index is -0.251. The van der Waals surface area contributed by atoms with Crippen molar-refractivity contribution in [2.24, 2.45) is 0 Å². The summed E-state index contributed by atoms with van der Waals surface area (Å²) in [5.74, 6) is 0.492. The standard InChI is InChI=1S/C12H21N5O2/c1-4-7-16(10-12(18)19-6-3)9-11-13-14-15-17(11)8-5-2/h4H,1,5-10H2,2-3H3. The van der Waals surface area contributed by atoms with E-state index < -0.39 is 0 Å². The lowest BCUT2D eigenvalue weighted by Gasteiger charge is -2.18. The first kappa shape index (κ1) is 15.3. The molecule has 0 atom stereocenters. The third-order valence-corrected chi connectivity index (χ3v) is 2.45. The maximum Gasteiger partial charge on any atom is 0.320 e. The van der Waals surface area contributed by atoms with Gasteiger partial charge in [-0.3, -0.25) is 9.69 Å². The summed E-state index contributed by atoms with van der Waals surface area (Å²) in [4.78, 5) is 13.4. The summed E-state index contributed by atoms with van der Waals surface area (Å²) in [5.41, 5.74) is 0. The highest BCUT2D eigenvalue weighted by Gasteiger charge is 2.14. The van der Waals surface area contributed by atoms with Gasteiger partial charge in [0.05, 0.1) is 19.7 Å². The zero-order chi connectivity index (χ0) is 14.1. The van der Waals surface area contributed by atoms with Gasteiger partial charge in [-0.05, 0) is 23.8 Å². The first-order valence-electron chi connectivity index (χ1n) is 6.45. The molecule has 0 spiro atoms. The number of tetrazole rings is 1. The van der Waals surface area contributed by atoms with Crippen LogP contribution in [-0.4, -0.2) is 50.8 Å². The van der Waals surface area contributed by atoms with E-state index in [9.17, 15) is 4.79 Å². The summed E-state index contributed by atoms with van der Waals surface area (Å²) < 4.78 is 6.69. The fraction of sp³-hybridized carbons (Fsp3) is 0.667. The molecule has 106 valence electrons. The fourth-order valence-electron chi connectivity index (χ4n) is 1.68. The molecule has 1 rings (SSSR count). The third kappa shape index (κ3) is 5.17. The number of carbonyl (C=O) groups is 1. The first-order valence-corrected chi connectivity index (χ1v) is 6.45. The van der Waals surface area contributed by atoms with Crippen LogP contribution in [0.2, 0.25) is 0 Å². The predicted octanol–water partition coefficient (Wildman–Crippen LogP) is 0.634. The van der Waals surface area contributed by atoms with Crippen molar-refractivity contribution in [2.45, 2.75) is 33.4 Å². The number of aromatic nitrogens is 4. The van der Waals surface area contributed by atoms with Crippen LogP contribution in [0.3, 0.4) is 0 Å². The van der Waals surface area contributed by atoms with E-state index in [4.69, 9.17) is 4.74 Å². The lowest BCUT2D eigenvalue weighted by Crippen LogP contribution is -2.32. The summed E-state index contributed by atoms with van der Waals surface area (Å²) >= 11 is 0. The second kappa shape index (κ2) is 8.36. The van der Waals surface area contributed by atoms with Crippen LogP contribution in [0.4, 0.5) is 0 Å². The number of ether oxygens (including phenoxy) is 1. The number of carbonyl (C=O) groups excluding carboxylic acids is 1.